The maximum Gasteiger partial charge on any atom is 0.0650 e. The van der Waals surface area contributed by atoms with Crippen LogP contribution in [-0.2, 0) is 0 Å². The molecule has 0 heterocycles. The standard InChI is InChI=1S/C9H18O/c1-3-8(2)7-9(10)5-4-6-9/h8,10H,3-7H2,1-2H3. The van der Waals surface area contributed by atoms with E-state index in [0.29, 0.717) is 5.92 Å². The molecule has 10 heavy (non-hydrogen) atoms. The van der Waals surface area contributed by atoms with Crippen LogP contribution in [0, 0.1) is 5.92 Å². The van der Waals surface area contributed by atoms with Gasteiger partial charge in [-0.15, -0.1) is 0 Å². The van der Waals surface area contributed by atoms with E-state index in [0.717, 1.165) is 19.3 Å². The summed E-state index contributed by atoms with van der Waals surface area (Å²) >= 11 is 0. The van der Waals surface area contributed by atoms with Crippen LogP contribution >= 0.6 is 0 Å². The number of hydrogen-bond donors (Lipinski definition) is 1. The van der Waals surface area contributed by atoms with E-state index in [4.69, 9.17) is 0 Å². The molecule has 0 spiro atoms. The van der Waals surface area contributed by atoms with Crippen LogP contribution in [0.1, 0.15) is 46.0 Å². The Balaban J connectivity index is 2.22. The van der Waals surface area contributed by atoms with Gasteiger partial charge in [-0.2, -0.15) is 0 Å². The molecule has 0 aromatic heterocycles. The van der Waals surface area contributed by atoms with Crippen molar-refractivity contribution < 1.29 is 5.11 Å². The summed E-state index contributed by atoms with van der Waals surface area (Å²) in [5, 5.41) is 9.71. The number of aliphatic hydroxyl groups is 1. The van der Waals surface area contributed by atoms with E-state index >= 15 is 0 Å². The van der Waals surface area contributed by atoms with Crippen LogP contribution in [0.4, 0.5) is 0 Å². The van der Waals surface area contributed by atoms with Gasteiger partial charge in [0.15, 0.2) is 0 Å². The highest BCUT2D eigenvalue weighted by Crippen LogP contribution is 2.37. The van der Waals surface area contributed by atoms with Gasteiger partial charge in [-0.1, -0.05) is 20.3 Å². The zero-order valence-electron chi connectivity index (χ0n) is 7.06. The summed E-state index contributed by atoms with van der Waals surface area (Å²) in [5.74, 6) is 0.699. The minimum Gasteiger partial charge on any atom is -0.390 e. The molecular formula is C9H18O. The van der Waals surface area contributed by atoms with Crippen LogP contribution in [0.5, 0.6) is 0 Å². The third-order valence-electron chi connectivity index (χ3n) is 2.71. The SMILES string of the molecule is CCC(C)CC1(O)CCC1. The summed E-state index contributed by atoms with van der Waals surface area (Å²) < 4.78 is 0. The fourth-order valence-corrected chi connectivity index (χ4v) is 1.58. The van der Waals surface area contributed by atoms with Crippen LogP contribution in [0.25, 0.3) is 0 Å². The average molecular weight is 142 g/mol. The Hall–Kier alpha value is -0.0400. The van der Waals surface area contributed by atoms with Gasteiger partial charge < -0.3 is 5.11 Å². The molecule has 1 saturated carbocycles. The molecule has 1 fully saturated rings. The number of rotatable bonds is 3. The first-order valence-corrected chi connectivity index (χ1v) is 4.39. The van der Waals surface area contributed by atoms with Crippen molar-refractivity contribution in [3.05, 3.63) is 0 Å². The lowest BCUT2D eigenvalue weighted by atomic mass is 9.74. The summed E-state index contributed by atoms with van der Waals surface area (Å²) in [6.07, 6.45) is 5.52. The molecule has 1 unspecified atom stereocenters. The molecule has 1 rings (SSSR count). The lowest BCUT2D eigenvalue weighted by Gasteiger charge is -2.38. The molecule has 1 atom stereocenters. The van der Waals surface area contributed by atoms with Crippen LogP contribution in [-0.4, -0.2) is 10.7 Å². The fourth-order valence-electron chi connectivity index (χ4n) is 1.58. The van der Waals surface area contributed by atoms with E-state index in [9.17, 15) is 5.11 Å². The van der Waals surface area contributed by atoms with Gasteiger partial charge in [0.2, 0.25) is 0 Å². The highest BCUT2D eigenvalue weighted by molar-refractivity contribution is 4.88. The predicted molar refractivity (Wildman–Crippen MR) is 42.9 cm³/mol. The number of hydrogen-bond acceptors (Lipinski definition) is 1. The monoisotopic (exact) mass is 142 g/mol. The van der Waals surface area contributed by atoms with Crippen LogP contribution in [0.2, 0.25) is 0 Å². The molecule has 60 valence electrons. The van der Waals surface area contributed by atoms with E-state index in [1.165, 1.54) is 12.8 Å². The maximum absolute atomic E-state index is 9.71. The molecule has 0 amide bonds. The van der Waals surface area contributed by atoms with Gasteiger partial charge in [0.1, 0.15) is 0 Å². The third kappa shape index (κ3) is 1.72. The topological polar surface area (TPSA) is 20.2 Å². The molecule has 1 aliphatic carbocycles. The zero-order chi connectivity index (χ0) is 7.61. The quantitative estimate of drug-likeness (QED) is 0.641. The van der Waals surface area contributed by atoms with E-state index < -0.39 is 0 Å². The lowest BCUT2D eigenvalue weighted by molar-refractivity contribution is -0.0512. The van der Waals surface area contributed by atoms with Crippen molar-refractivity contribution in [2.24, 2.45) is 5.92 Å². The van der Waals surface area contributed by atoms with Gasteiger partial charge in [-0.3, -0.25) is 0 Å². The first-order chi connectivity index (χ1) is 4.66. The molecule has 1 heteroatoms. The molecule has 0 aromatic carbocycles. The van der Waals surface area contributed by atoms with E-state index in [2.05, 4.69) is 13.8 Å². The van der Waals surface area contributed by atoms with Gasteiger partial charge >= 0.3 is 0 Å². The third-order valence-corrected chi connectivity index (χ3v) is 2.71. The molecular weight excluding hydrogens is 124 g/mol. The Bertz CT molecular complexity index is 105. The van der Waals surface area contributed by atoms with Gasteiger partial charge in [0.25, 0.3) is 0 Å². The minimum atomic E-state index is -0.255. The van der Waals surface area contributed by atoms with Gasteiger partial charge in [-0.25, -0.2) is 0 Å². The minimum absolute atomic E-state index is 0.255. The second-order valence-corrected chi connectivity index (χ2v) is 3.80. The highest BCUT2D eigenvalue weighted by Gasteiger charge is 2.34. The Labute approximate surface area is 63.4 Å². The second kappa shape index (κ2) is 2.91. The molecule has 0 aromatic rings. The lowest BCUT2D eigenvalue weighted by Crippen LogP contribution is -2.38. The molecule has 1 N–H and O–H groups in total. The van der Waals surface area contributed by atoms with Crippen molar-refractivity contribution >= 4 is 0 Å². The summed E-state index contributed by atoms with van der Waals surface area (Å²) in [6, 6.07) is 0. The predicted octanol–water partition coefficient (Wildman–Crippen LogP) is 2.34. The molecule has 1 nitrogen and oxygen atoms in total. The van der Waals surface area contributed by atoms with Crippen molar-refractivity contribution in [2.45, 2.75) is 51.6 Å². The average Bonchev–Trinajstić information content (AvgIpc) is 1.84. The summed E-state index contributed by atoms with van der Waals surface area (Å²) in [7, 11) is 0. The van der Waals surface area contributed by atoms with Gasteiger partial charge in [0.05, 0.1) is 5.60 Å². The molecule has 0 aliphatic heterocycles. The fraction of sp³-hybridized carbons (Fsp3) is 1.00. The van der Waals surface area contributed by atoms with Crippen LogP contribution < -0.4 is 0 Å². The van der Waals surface area contributed by atoms with E-state index in [1.807, 2.05) is 0 Å². The van der Waals surface area contributed by atoms with E-state index in [1.54, 1.807) is 0 Å². The largest absolute Gasteiger partial charge is 0.390 e. The Morgan fingerprint density at radius 3 is 2.40 bits per heavy atom. The van der Waals surface area contributed by atoms with Crippen molar-refractivity contribution in [3.63, 3.8) is 0 Å². The first kappa shape index (κ1) is 8.06. The highest BCUT2D eigenvalue weighted by atomic mass is 16.3. The summed E-state index contributed by atoms with van der Waals surface area (Å²) in [4.78, 5) is 0. The zero-order valence-corrected chi connectivity index (χ0v) is 7.06. The molecule has 0 radical (unpaired) electrons. The van der Waals surface area contributed by atoms with Gasteiger partial charge in [0, 0.05) is 0 Å². The molecule has 0 bridgehead atoms. The Kier molecular flexibility index (Phi) is 2.35. The maximum atomic E-state index is 9.71. The first-order valence-electron chi connectivity index (χ1n) is 4.39. The Morgan fingerprint density at radius 2 is 2.10 bits per heavy atom. The van der Waals surface area contributed by atoms with E-state index in [-0.39, 0.29) is 5.60 Å². The summed E-state index contributed by atoms with van der Waals surface area (Å²) in [6.45, 7) is 4.41. The molecule has 0 saturated heterocycles. The van der Waals surface area contributed by atoms with Crippen molar-refractivity contribution in [2.75, 3.05) is 0 Å². The van der Waals surface area contributed by atoms with Crippen molar-refractivity contribution in [1.29, 1.82) is 0 Å². The van der Waals surface area contributed by atoms with Gasteiger partial charge in [-0.05, 0) is 31.6 Å². The normalized spacial score (nSPS) is 25.5. The van der Waals surface area contributed by atoms with Crippen LogP contribution in [0.15, 0.2) is 0 Å². The summed E-state index contributed by atoms with van der Waals surface area (Å²) in [5.41, 5.74) is -0.255. The van der Waals surface area contributed by atoms with Crippen LogP contribution in [0.3, 0.4) is 0 Å². The Morgan fingerprint density at radius 1 is 1.50 bits per heavy atom. The van der Waals surface area contributed by atoms with Crippen molar-refractivity contribution in [3.8, 4) is 0 Å². The second-order valence-electron chi connectivity index (χ2n) is 3.80. The molecule has 1 aliphatic rings. The van der Waals surface area contributed by atoms with Crippen molar-refractivity contribution in [1.82, 2.24) is 0 Å². The smallest absolute Gasteiger partial charge is 0.0650 e.